The van der Waals surface area contributed by atoms with Gasteiger partial charge in [0.25, 0.3) is 0 Å². The molecular weight excluding hydrogens is 1030 g/mol. The Morgan fingerprint density at radius 1 is 0.333 bits per heavy atom. The fourth-order valence-corrected chi connectivity index (χ4v) is 12.1. The number of esters is 1. The predicted molar refractivity (Wildman–Crippen MR) is 370 cm³/mol. The maximum absolute atomic E-state index is 12.6. The molecule has 2 atom stereocenters. The first kappa shape index (κ1) is 82.1. The summed E-state index contributed by atoms with van der Waals surface area (Å²) in [7, 11) is 0. The van der Waals surface area contributed by atoms with E-state index in [-0.39, 0.29) is 18.5 Å². The number of hydrogen-bond donors (Lipinski definition) is 3. The molecule has 0 aromatic carbocycles. The van der Waals surface area contributed by atoms with Crippen molar-refractivity contribution < 1.29 is 24.5 Å². The fourth-order valence-electron chi connectivity index (χ4n) is 12.1. The number of ether oxygens (including phenoxy) is 1. The number of carbonyl (C=O) groups is 2. The molecule has 0 aromatic rings. The zero-order valence-electron chi connectivity index (χ0n) is 56.9. The predicted octanol–water partition coefficient (Wildman–Crippen LogP) is 25.0. The molecule has 0 heterocycles. The van der Waals surface area contributed by atoms with Crippen molar-refractivity contribution >= 4 is 11.9 Å². The molecular formula is C78H149NO5. The van der Waals surface area contributed by atoms with Gasteiger partial charge in [0.05, 0.1) is 25.4 Å². The van der Waals surface area contributed by atoms with Gasteiger partial charge in [0.1, 0.15) is 0 Å². The Bertz CT molecular complexity index is 1360. The highest BCUT2D eigenvalue weighted by atomic mass is 16.5. The van der Waals surface area contributed by atoms with Crippen molar-refractivity contribution in [3.05, 3.63) is 36.5 Å². The number of nitrogens with one attached hydrogen (secondary N) is 1. The van der Waals surface area contributed by atoms with E-state index < -0.39 is 12.1 Å². The maximum atomic E-state index is 12.6. The van der Waals surface area contributed by atoms with Crippen LogP contribution < -0.4 is 5.32 Å². The smallest absolute Gasteiger partial charge is 0.305 e. The molecule has 0 fully saturated rings. The standard InChI is InChI=1S/C78H149NO5/c1-3-5-7-9-11-13-15-16-17-18-19-20-21-29-32-35-38-41-44-47-51-54-58-62-66-70-76(81)75(74-80)79-77(82)71-67-63-59-55-52-48-45-42-39-36-33-30-27-25-23-22-24-26-28-31-34-37-40-43-46-49-53-57-61-65-69-73-84-78(83)72-68-64-60-56-50-14-12-10-8-6-4-2/h24,26,31,34,66,70,75-76,80-81H,3-23,25,27-30,32-33,35-65,67-69,71-74H2,1-2H3,(H,79,82)/b26-24-,34-31-,70-66+. The molecule has 0 rings (SSSR count). The number of carbonyl (C=O) groups excluding carboxylic acids is 2. The average molecular weight is 1180 g/mol. The zero-order chi connectivity index (χ0) is 60.6. The molecule has 0 aliphatic heterocycles. The molecule has 6 heteroatoms. The number of aliphatic hydroxyl groups is 2. The van der Waals surface area contributed by atoms with Crippen molar-refractivity contribution in [2.45, 2.75) is 437 Å². The topological polar surface area (TPSA) is 95.9 Å². The first-order valence-corrected chi connectivity index (χ1v) is 38.3. The van der Waals surface area contributed by atoms with Gasteiger partial charge >= 0.3 is 5.97 Å². The van der Waals surface area contributed by atoms with Gasteiger partial charge in [-0.25, -0.2) is 0 Å². The van der Waals surface area contributed by atoms with Gasteiger partial charge < -0.3 is 20.3 Å². The molecule has 3 N–H and O–H groups in total. The summed E-state index contributed by atoms with van der Waals surface area (Å²) in [5.74, 6) is -0.0494. The number of hydrogen-bond acceptors (Lipinski definition) is 5. The lowest BCUT2D eigenvalue weighted by Gasteiger charge is -2.20. The summed E-state index contributed by atoms with van der Waals surface area (Å²) < 4.78 is 5.47. The van der Waals surface area contributed by atoms with E-state index >= 15 is 0 Å². The number of rotatable bonds is 72. The Morgan fingerprint density at radius 3 is 0.905 bits per heavy atom. The number of allylic oxidation sites excluding steroid dienone is 5. The number of amides is 1. The third kappa shape index (κ3) is 69.2. The lowest BCUT2D eigenvalue weighted by atomic mass is 10.0. The van der Waals surface area contributed by atoms with Crippen LogP contribution in [0.15, 0.2) is 36.5 Å². The van der Waals surface area contributed by atoms with Crippen LogP contribution in [0, 0.1) is 0 Å². The Morgan fingerprint density at radius 2 is 0.595 bits per heavy atom. The van der Waals surface area contributed by atoms with E-state index in [0.29, 0.717) is 19.4 Å². The normalized spacial score (nSPS) is 12.7. The summed E-state index contributed by atoms with van der Waals surface area (Å²) in [6, 6.07) is -0.629. The minimum atomic E-state index is -0.846. The molecule has 6 nitrogen and oxygen atoms in total. The first-order chi connectivity index (χ1) is 41.5. The lowest BCUT2D eigenvalue weighted by molar-refractivity contribution is -0.143. The van der Waals surface area contributed by atoms with Crippen molar-refractivity contribution in [3.8, 4) is 0 Å². The molecule has 496 valence electrons. The summed E-state index contributed by atoms with van der Waals surface area (Å²) in [6.45, 7) is 4.94. The van der Waals surface area contributed by atoms with Gasteiger partial charge in [-0.15, -0.1) is 0 Å². The Kier molecular flexibility index (Phi) is 71.9. The SMILES string of the molecule is CCCCCCCCCCCCCCCCCCCCCCCCC/C=C/C(O)C(CO)NC(=O)CCCCCCCCCCCCCCCCC/C=C\C/C=C\CCCCCCCCCCCOC(=O)CCCCCCCCCCCCC. The van der Waals surface area contributed by atoms with Crippen molar-refractivity contribution in [3.63, 3.8) is 0 Å². The molecule has 1 amide bonds. The second-order valence-corrected chi connectivity index (χ2v) is 26.3. The first-order valence-electron chi connectivity index (χ1n) is 38.3. The molecule has 2 unspecified atom stereocenters. The van der Waals surface area contributed by atoms with E-state index in [0.717, 1.165) is 44.9 Å². The van der Waals surface area contributed by atoms with Gasteiger partial charge in [0, 0.05) is 12.8 Å². The van der Waals surface area contributed by atoms with Crippen LogP contribution in [0.4, 0.5) is 0 Å². The molecule has 0 aromatic heterocycles. The van der Waals surface area contributed by atoms with E-state index in [2.05, 4.69) is 43.5 Å². The van der Waals surface area contributed by atoms with E-state index in [1.807, 2.05) is 6.08 Å². The van der Waals surface area contributed by atoms with E-state index in [1.165, 1.54) is 353 Å². The van der Waals surface area contributed by atoms with Crippen LogP contribution in [0.3, 0.4) is 0 Å². The molecule has 0 radical (unpaired) electrons. The molecule has 0 saturated carbocycles. The minimum absolute atomic E-state index is 0.0132. The summed E-state index contributed by atoms with van der Waals surface area (Å²) >= 11 is 0. The van der Waals surface area contributed by atoms with Gasteiger partial charge in [-0.3, -0.25) is 9.59 Å². The second kappa shape index (κ2) is 73.5. The lowest BCUT2D eigenvalue weighted by Crippen LogP contribution is -2.45. The monoisotopic (exact) mass is 1180 g/mol. The van der Waals surface area contributed by atoms with E-state index in [1.54, 1.807) is 6.08 Å². The summed E-state index contributed by atoms with van der Waals surface area (Å²) in [4.78, 5) is 24.6. The zero-order valence-corrected chi connectivity index (χ0v) is 56.9. The summed E-state index contributed by atoms with van der Waals surface area (Å²) in [6.07, 6.45) is 95.4. The van der Waals surface area contributed by atoms with Gasteiger partial charge in [-0.2, -0.15) is 0 Å². The fraction of sp³-hybridized carbons (Fsp3) is 0.897. The van der Waals surface area contributed by atoms with Crippen molar-refractivity contribution in [2.24, 2.45) is 0 Å². The third-order valence-electron chi connectivity index (χ3n) is 17.9. The molecule has 0 spiro atoms. The highest BCUT2D eigenvalue weighted by Gasteiger charge is 2.18. The van der Waals surface area contributed by atoms with Crippen LogP contribution in [-0.4, -0.2) is 47.4 Å². The Hall–Kier alpha value is -1.92. The van der Waals surface area contributed by atoms with Crippen molar-refractivity contribution in [1.82, 2.24) is 5.32 Å². The number of unbranched alkanes of at least 4 members (excludes halogenated alkanes) is 57. The van der Waals surface area contributed by atoms with Gasteiger partial charge in [-0.05, 0) is 64.2 Å². The molecule has 0 bridgehead atoms. The van der Waals surface area contributed by atoms with Crippen LogP contribution in [0.2, 0.25) is 0 Å². The van der Waals surface area contributed by atoms with E-state index in [9.17, 15) is 19.8 Å². The van der Waals surface area contributed by atoms with Crippen LogP contribution in [0.25, 0.3) is 0 Å². The Balaban J connectivity index is 3.42. The highest BCUT2D eigenvalue weighted by molar-refractivity contribution is 5.76. The molecule has 0 aliphatic carbocycles. The summed E-state index contributed by atoms with van der Waals surface area (Å²) in [5, 5.41) is 23.3. The minimum Gasteiger partial charge on any atom is -0.466 e. The molecule has 0 aliphatic rings. The largest absolute Gasteiger partial charge is 0.466 e. The van der Waals surface area contributed by atoms with Crippen molar-refractivity contribution in [1.29, 1.82) is 0 Å². The summed E-state index contributed by atoms with van der Waals surface area (Å²) in [5.41, 5.74) is 0. The van der Waals surface area contributed by atoms with E-state index in [4.69, 9.17) is 4.74 Å². The van der Waals surface area contributed by atoms with Crippen LogP contribution >= 0.6 is 0 Å². The average Bonchev–Trinajstić information content (AvgIpc) is 3.52. The quantitative estimate of drug-likeness (QED) is 0.0320. The van der Waals surface area contributed by atoms with Gasteiger partial charge in [0.2, 0.25) is 5.91 Å². The highest BCUT2D eigenvalue weighted by Crippen LogP contribution is 2.19. The molecule has 84 heavy (non-hydrogen) atoms. The second-order valence-electron chi connectivity index (χ2n) is 26.3. The van der Waals surface area contributed by atoms with Gasteiger partial charge in [-0.1, -0.05) is 384 Å². The Labute approximate surface area is 525 Å². The maximum Gasteiger partial charge on any atom is 0.305 e. The van der Waals surface area contributed by atoms with Crippen molar-refractivity contribution in [2.75, 3.05) is 13.2 Å². The third-order valence-corrected chi connectivity index (χ3v) is 17.9. The molecule has 0 saturated heterocycles. The van der Waals surface area contributed by atoms with Crippen LogP contribution in [0.1, 0.15) is 425 Å². The van der Waals surface area contributed by atoms with Gasteiger partial charge in [0.15, 0.2) is 0 Å². The van der Waals surface area contributed by atoms with Crippen LogP contribution in [0.5, 0.6) is 0 Å². The van der Waals surface area contributed by atoms with Crippen LogP contribution in [-0.2, 0) is 14.3 Å². The number of aliphatic hydroxyl groups excluding tert-OH is 2.